The normalized spacial score (nSPS) is 18.5. The van der Waals surface area contributed by atoms with E-state index in [1.165, 1.54) is 18.2 Å². The van der Waals surface area contributed by atoms with Crippen LogP contribution < -0.4 is 10.5 Å². The predicted molar refractivity (Wildman–Crippen MR) is 115 cm³/mol. The van der Waals surface area contributed by atoms with Crippen molar-refractivity contribution in [3.8, 4) is 11.3 Å². The van der Waals surface area contributed by atoms with Crippen molar-refractivity contribution in [3.05, 3.63) is 59.4 Å². The lowest BCUT2D eigenvalue weighted by molar-refractivity contribution is -0.121. The molecule has 1 saturated carbocycles. The molecule has 1 amide bonds. The Morgan fingerprint density at radius 3 is 2.44 bits per heavy atom. The maximum atomic E-state index is 14.4. The largest absolute Gasteiger partial charge is 0.356 e. The van der Waals surface area contributed by atoms with Crippen LogP contribution in [0.3, 0.4) is 0 Å². The molecule has 2 aromatic carbocycles. The van der Waals surface area contributed by atoms with Gasteiger partial charge < -0.3 is 10.3 Å². The van der Waals surface area contributed by atoms with Crippen molar-refractivity contribution in [2.75, 3.05) is 12.3 Å². The van der Waals surface area contributed by atoms with E-state index in [-0.39, 0.29) is 23.8 Å². The standard InChI is InChI=1S/C22H22F3N3O3S/c23-15-3-1-13(2-4-15)21-20(17-9-16(24)10-18(25)22(17)28-21)14-7-12(8-14)11-27-19(29)5-6-32(26,30)31/h1-4,9-10,12,14,28H,5-8,11H2,(H,27,29)(H2,26,30,31)/t12-,14+. The minimum Gasteiger partial charge on any atom is -0.356 e. The maximum absolute atomic E-state index is 14.4. The zero-order valence-electron chi connectivity index (χ0n) is 17.0. The van der Waals surface area contributed by atoms with E-state index in [0.717, 1.165) is 11.6 Å². The molecule has 1 fully saturated rings. The molecule has 3 aromatic rings. The van der Waals surface area contributed by atoms with Crippen LogP contribution in [0.15, 0.2) is 36.4 Å². The van der Waals surface area contributed by atoms with Gasteiger partial charge in [-0.25, -0.2) is 26.7 Å². The molecule has 10 heteroatoms. The van der Waals surface area contributed by atoms with E-state index >= 15 is 0 Å². The van der Waals surface area contributed by atoms with Crippen molar-refractivity contribution in [2.45, 2.75) is 25.2 Å². The molecule has 6 nitrogen and oxygen atoms in total. The highest BCUT2D eigenvalue weighted by atomic mass is 32.2. The number of hydrogen-bond donors (Lipinski definition) is 3. The van der Waals surface area contributed by atoms with Crippen LogP contribution in [0.4, 0.5) is 13.2 Å². The second-order valence-corrected chi connectivity index (χ2v) is 9.92. The fraction of sp³-hybridized carbons (Fsp3) is 0.318. The summed E-state index contributed by atoms with van der Waals surface area (Å²) < 4.78 is 63.7. The SMILES string of the molecule is NS(=O)(=O)CCC(=O)NC[C@H]1C[C@@H](c2c(-c3ccc(F)cc3)[nH]c3c(F)cc(F)cc32)C1. The number of carbonyl (C=O) groups excluding carboxylic acids is 1. The molecule has 1 heterocycles. The number of nitrogens with one attached hydrogen (secondary N) is 2. The van der Waals surface area contributed by atoms with Gasteiger partial charge in [-0.1, -0.05) is 0 Å². The summed E-state index contributed by atoms with van der Waals surface area (Å²) in [5, 5.41) is 8.05. The van der Waals surface area contributed by atoms with E-state index in [1.54, 1.807) is 12.1 Å². The molecular formula is C22H22F3N3O3S. The lowest BCUT2D eigenvalue weighted by Crippen LogP contribution is -2.36. The van der Waals surface area contributed by atoms with Crippen LogP contribution in [0.2, 0.25) is 0 Å². The van der Waals surface area contributed by atoms with Crippen LogP contribution in [0, 0.1) is 23.4 Å². The van der Waals surface area contributed by atoms with Gasteiger partial charge >= 0.3 is 0 Å². The van der Waals surface area contributed by atoms with Crippen LogP contribution in [0.25, 0.3) is 22.2 Å². The summed E-state index contributed by atoms with van der Waals surface area (Å²) >= 11 is 0. The molecular weight excluding hydrogens is 443 g/mol. The van der Waals surface area contributed by atoms with Gasteiger partial charge in [-0.05, 0) is 66.1 Å². The monoisotopic (exact) mass is 465 g/mol. The number of aromatic nitrogens is 1. The van der Waals surface area contributed by atoms with Crippen LogP contribution in [-0.2, 0) is 14.8 Å². The average Bonchev–Trinajstić information content (AvgIpc) is 3.04. The summed E-state index contributed by atoms with van der Waals surface area (Å²) in [5.74, 6) is -2.46. The highest BCUT2D eigenvalue weighted by molar-refractivity contribution is 7.89. The summed E-state index contributed by atoms with van der Waals surface area (Å²) in [6, 6.07) is 7.89. The first-order valence-electron chi connectivity index (χ1n) is 10.1. The van der Waals surface area contributed by atoms with Gasteiger partial charge in [-0.15, -0.1) is 0 Å². The van der Waals surface area contributed by atoms with E-state index in [9.17, 15) is 26.4 Å². The third-order valence-corrected chi connectivity index (χ3v) is 6.62. The molecule has 170 valence electrons. The molecule has 0 unspecified atom stereocenters. The summed E-state index contributed by atoms with van der Waals surface area (Å²) in [5.41, 5.74) is 2.24. The molecule has 1 aliphatic rings. The van der Waals surface area contributed by atoms with Crippen molar-refractivity contribution >= 4 is 26.8 Å². The van der Waals surface area contributed by atoms with Gasteiger partial charge in [0.15, 0.2) is 0 Å². The Hall–Kier alpha value is -2.85. The minimum absolute atomic E-state index is 0.00340. The van der Waals surface area contributed by atoms with Crippen LogP contribution in [-0.4, -0.2) is 31.6 Å². The molecule has 1 aromatic heterocycles. The van der Waals surface area contributed by atoms with Gasteiger partial charge in [0, 0.05) is 24.4 Å². The maximum Gasteiger partial charge on any atom is 0.221 e. The highest BCUT2D eigenvalue weighted by Crippen LogP contribution is 2.48. The molecule has 32 heavy (non-hydrogen) atoms. The van der Waals surface area contributed by atoms with Gasteiger partial charge in [-0.2, -0.15) is 0 Å². The molecule has 0 bridgehead atoms. The number of benzene rings is 2. The number of aromatic amines is 1. The summed E-state index contributed by atoms with van der Waals surface area (Å²) in [7, 11) is -3.70. The Morgan fingerprint density at radius 2 is 1.78 bits per heavy atom. The number of rotatable bonds is 7. The van der Waals surface area contributed by atoms with Gasteiger partial charge in [0.1, 0.15) is 17.5 Å². The lowest BCUT2D eigenvalue weighted by atomic mass is 9.70. The number of hydrogen-bond acceptors (Lipinski definition) is 3. The number of primary sulfonamides is 1. The molecule has 0 atom stereocenters. The lowest BCUT2D eigenvalue weighted by Gasteiger charge is -2.36. The Kier molecular flexibility index (Phi) is 6.00. The zero-order chi connectivity index (χ0) is 23.0. The summed E-state index contributed by atoms with van der Waals surface area (Å²) in [6.07, 6.45) is 1.15. The topological polar surface area (TPSA) is 105 Å². The number of amides is 1. The summed E-state index contributed by atoms with van der Waals surface area (Å²) in [4.78, 5) is 14.8. The van der Waals surface area contributed by atoms with Crippen molar-refractivity contribution in [1.29, 1.82) is 0 Å². The van der Waals surface area contributed by atoms with Crippen LogP contribution in [0.5, 0.6) is 0 Å². The van der Waals surface area contributed by atoms with E-state index < -0.39 is 39.1 Å². The first-order valence-corrected chi connectivity index (χ1v) is 11.9. The van der Waals surface area contributed by atoms with E-state index in [2.05, 4.69) is 10.3 Å². The quantitative estimate of drug-likeness (QED) is 0.497. The van der Waals surface area contributed by atoms with Gasteiger partial charge in [0.2, 0.25) is 15.9 Å². The molecule has 4 rings (SSSR count). The van der Waals surface area contributed by atoms with Crippen molar-refractivity contribution < 1.29 is 26.4 Å². The minimum atomic E-state index is -3.70. The Balaban J connectivity index is 1.52. The first-order chi connectivity index (χ1) is 15.1. The average molecular weight is 465 g/mol. The first kappa shape index (κ1) is 22.3. The fourth-order valence-electron chi connectivity index (χ4n) is 4.23. The van der Waals surface area contributed by atoms with Crippen molar-refractivity contribution in [1.82, 2.24) is 10.3 Å². The summed E-state index contributed by atoms with van der Waals surface area (Å²) in [6.45, 7) is 0.372. The zero-order valence-corrected chi connectivity index (χ0v) is 17.8. The van der Waals surface area contributed by atoms with Gasteiger partial charge in [0.05, 0.1) is 17.0 Å². The van der Waals surface area contributed by atoms with Gasteiger partial charge in [0.25, 0.3) is 0 Å². The molecule has 0 saturated heterocycles. The number of nitrogens with two attached hydrogens (primary N) is 1. The highest BCUT2D eigenvalue weighted by Gasteiger charge is 2.34. The van der Waals surface area contributed by atoms with Gasteiger partial charge in [-0.3, -0.25) is 4.79 Å². The van der Waals surface area contributed by atoms with Crippen LogP contribution >= 0.6 is 0 Å². The van der Waals surface area contributed by atoms with E-state index in [4.69, 9.17) is 5.14 Å². The second kappa shape index (κ2) is 8.59. The second-order valence-electron chi connectivity index (χ2n) is 8.19. The number of fused-ring (bicyclic) bond motifs is 1. The molecule has 0 radical (unpaired) electrons. The smallest absolute Gasteiger partial charge is 0.221 e. The molecule has 1 aliphatic carbocycles. The number of sulfonamides is 1. The van der Waals surface area contributed by atoms with E-state index in [0.29, 0.717) is 36.0 Å². The molecule has 4 N–H and O–H groups in total. The predicted octanol–water partition coefficient (Wildman–Crippen LogP) is 3.54. The Morgan fingerprint density at radius 1 is 1.09 bits per heavy atom. The van der Waals surface area contributed by atoms with Crippen LogP contribution in [0.1, 0.15) is 30.7 Å². The third kappa shape index (κ3) is 4.81. The van der Waals surface area contributed by atoms with E-state index in [1.807, 2.05) is 0 Å². The number of carbonyl (C=O) groups is 1. The Bertz CT molecular complexity index is 1270. The fourth-order valence-corrected chi connectivity index (χ4v) is 4.70. The molecule has 0 spiro atoms. The number of halogens is 3. The third-order valence-electron chi connectivity index (χ3n) is 5.84. The van der Waals surface area contributed by atoms with Crippen molar-refractivity contribution in [2.24, 2.45) is 11.1 Å². The van der Waals surface area contributed by atoms with Crippen molar-refractivity contribution in [3.63, 3.8) is 0 Å². The Labute approximate surface area is 183 Å². The number of H-pyrrole nitrogens is 1. The molecule has 0 aliphatic heterocycles.